The zero-order valence-corrected chi connectivity index (χ0v) is 5.26. The van der Waals surface area contributed by atoms with Crippen LogP contribution in [0.2, 0.25) is 0 Å². The highest BCUT2D eigenvalue weighted by Gasteiger charge is 2.15. The number of carbonyl (C=O) groups is 2. The van der Waals surface area contributed by atoms with Crippen LogP contribution in [-0.2, 0) is 9.59 Å². The van der Waals surface area contributed by atoms with E-state index in [1.165, 1.54) is 6.20 Å². The first-order valence-electron chi connectivity index (χ1n) is 2.87. The molecule has 0 aromatic heterocycles. The van der Waals surface area contributed by atoms with Crippen LogP contribution in [0.25, 0.3) is 0 Å². The number of carboxylic acid groups (broad SMARTS) is 1. The maximum absolute atomic E-state index is 10.6. The minimum Gasteiger partial charge on any atom is -0.478 e. The van der Waals surface area contributed by atoms with Gasteiger partial charge in [0.1, 0.15) is 0 Å². The number of hydrogen-bond acceptors (Lipinski definition) is 3. The molecule has 1 rings (SSSR count). The van der Waals surface area contributed by atoms with Gasteiger partial charge in [-0.05, 0) is 0 Å². The number of carbonyl (C=O) groups excluding carboxylic acids is 1. The van der Waals surface area contributed by atoms with Crippen molar-refractivity contribution in [3.63, 3.8) is 0 Å². The van der Waals surface area contributed by atoms with Crippen molar-refractivity contribution in [2.24, 2.45) is 0 Å². The van der Waals surface area contributed by atoms with Crippen LogP contribution >= 0.6 is 0 Å². The zero-order chi connectivity index (χ0) is 7.56. The SMILES string of the molecule is O=C1CNC=C(C(=O)O)C1. The van der Waals surface area contributed by atoms with Gasteiger partial charge in [0, 0.05) is 12.6 Å². The van der Waals surface area contributed by atoms with E-state index in [4.69, 9.17) is 5.11 Å². The van der Waals surface area contributed by atoms with Crippen molar-refractivity contribution in [1.82, 2.24) is 5.32 Å². The molecule has 0 saturated heterocycles. The average molecular weight is 141 g/mol. The van der Waals surface area contributed by atoms with Gasteiger partial charge in [-0.1, -0.05) is 0 Å². The molecule has 1 aliphatic heterocycles. The average Bonchev–Trinajstić information content (AvgIpc) is 1.88. The van der Waals surface area contributed by atoms with Gasteiger partial charge in [0.25, 0.3) is 0 Å². The lowest BCUT2D eigenvalue weighted by Gasteiger charge is -2.08. The van der Waals surface area contributed by atoms with Crippen molar-refractivity contribution >= 4 is 11.8 Å². The zero-order valence-electron chi connectivity index (χ0n) is 5.26. The highest BCUT2D eigenvalue weighted by atomic mass is 16.4. The molecule has 2 N–H and O–H groups in total. The minimum absolute atomic E-state index is 0.0440. The molecule has 0 atom stereocenters. The molecule has 4 nitrogen and oxygen atoms in total. The second-order valence-corrected chi connectivity index (χ2v) is 2.07. The van der Waals surface area contributed by atoms with Crippen molar-refractivity contribution in [2.45, 2.75) is 6.42 Å². The topological polar surface area (TPSA) is 66.4 Å². The van der Waals surface area contributed by atoms with Crippen LogP contribution in [0.15, 0.2) is 11.8 Å². The van der Waals surface area contributed by atoms with Crippen molar-refractivity contribution in [3.05, 3.63) is 11.8 Å². The van der Waals surface area contributed by atoms with E-state index in [0.717, 1.165) is 0 Å². The molecule has 0 fully saturated rings. The fourth-order valence-electron chi connectivity index (χ4n) is 0.751. The van der Waals surface area contributed by atoms with Gasteiger partial charge in [0.2, 0.25) is 0 Å². The summed E-state index contributed by atoms with van der Waals surface area (Å²) in [5.41, 5.74) is 0.135. The number of ketones is 1. The van der Waals surface area contributed by atoms with Crippen LogP contribution in [-0.4, -0.2) is 23.4 Å². The Morgan fingerprint density at radius 2 is 2.40 bits per heavy atom. The summed E-state index contributed by atoms with van der Waals surface area (Å²) in [6.45, 7) is 0.247. The van der Waals surface area contributed by atoms with E-state index in [1.54, 1.807) is 0 Å². The number of carboxylic acids is 1. The summed E-state index contributed by atoms with van der Waals surface area (Å²) < 4.78 is 0. The highest BCUT2D eigenvalue weighted by molar-refractivity contribution is 5.96. The van der Waals surface area contributed by atoms with Gasteiger partial charge < -0.3 is 10.4 Å². The van der Waals surface area contributed by atoms with Crippen molar-refractivity contribution in [1.29, 1.82) is 0 Å². The Bertz CT molecular complexity index is 207. The van der Waals surface area contributed by atoms with Crippen LogP contribution in [0.1, 0.15) is 6.42 Å². The van der Waals surface area contributed by atoms with Gasteiger partial charge in [-0.3, -0.25) is 4.79 Å². The third-order valence-electron chi connectivity index (χ3n) is 1.24. The maximum Gasteiger partial charge on any atom is 0.333 e. The molecule has 0 aromatic rings. The quantitative estimate of drug-likeness (QED) is 0.517. The number of aliphatic carboxylic acids is 1. The maximum atomic E-state index is 10.6. The van der Waals surface area contributed by atoms with E-state index >= 15 is 0 Å². The lowest BCUT2D eigenvalue weighted by molar-refractivity contribution is -0.134. The predicted octanol–water partition coefficient (Wildman–Crippen LogP) is -0.483. The molecular formula is C6H7NO3. The summed E-state index contributed by atoms with van der Waals surface area (Å²) in [5, 5.41) is 11.0. The number of hydrogen-bond donors (Lipinski definition) is 2. The van der Waals surface area contributed by atoms with Crippen molar-refractivity contribution in [2.75, 3.05) is 6.54 Å². The lowest BCUT2D eigenvalue weighted by atomic mass is 10.1. The first-order chi connectivity index (χ1) is 4.70. The summed E-state index contributed by atoms with van der Waals surface area (Å²) in [6, 6.07) is 0. The molecule has 0 unspecified atom stereocenters. The monoisotopic (exact) mass is 141 g/mol. The van der Waals surface area contributed by atoms with E-state index in [2.05, 4.69) is 5.32 Å². The second kappa shape index (κ2) is 2.51. The van der Waals surface area contributed by atoms with Crippen molar-refractivity contribution in [3.8, 4) is 0 Å². The molecule has 0 amide bonds. The summed E-state index contributed by atoms with van der Waals surface area (Å²) in [7, 11) is 0. The van der Waals surface area contributed by atoms with Gasteiger partial charge in [0.05, 0.1) is 12.1 Å². The summed E-state index contributed by atoms with van der Waals surface area (Å²) >= 11 is 0. The van der Waals surface area contributed by atoms with Crippen molar-refractivity contribution < 1.29 is 14.7 Å². The number of Topliss-reactive ketones (excluding diaryl/α,β-unsaturated/α-hetero) is 1. The van der Waals surface area contributed by atoms with Gasteiger partial charge in [-0.25, -0.2) is 4.79 Å². The van der Waals surface area contributed by atoms with Crippen LogP contribution in [0, 0.1) is 0 Å². The molecule has 0 saturated carbocycles. The third-order valence-corrected chi connectivity index (χ3v) is 1.24. The molecule has 0 spiro atoms. The fourth-order valence-corrected chi connectivity index (χ4v) is 0.751. The Kier molecular flexibility index (Phi) is 1.71. The summed E-state index contributed by atoms with van der Waals surface area (Å²) in [4.78, 5) is 20.9. The smallest absolute Gasteiger partial charge is 0.333 e. The first-order valence-corrected chi connectivity index (χ1v) is 2.87. The van der Waals surface area contributed by atoms with Crippen LogP contribution in [0.3, 0.4) is 0 Å². The molecular weight excluding hydrogens is 134 g/mol. The minimum atomic E-state index is -1.03. The predicted molar refractivity (Wildman–Crippen MR) is 33.3 cm³/mol. The van der Waals surface area contributed by atoms with Gasteiger partial charge in [0.15, 0.2) is 5.78 Å². The van der Waals surface area contributed by atoms with Crippen LogP contribution in [0.5, 0.6) is 0 Å². The summed E-state index contributed by atoms with van der Waals surface area (Å²) in [5.74, 6) is -1.11. The standard InChI is InChI=1S/C6H7NO3/c8-5-1-4(6(9)10)2-7-3-5/h2,7H,1,3H2,(H,9,10). The van der Waals surface area contributed by atoms with E-state index in [-0.39, 0.29) is 24.3 Å². The second-order valence-electron chi connectivity index (χ2n) is 2.07. The molecule has 1 aliphatic rings. The highest BCUT2D eigenvalue weighted by Crippen LogP contribution is 2.04. The van der Waals surface area contributed by atoms with Gasteiger partial charge in [-0.15, -0.1) is 0 Å². The molecule has 0 radical (unpaired) electrons. The number of nitrogens with one attached hydrogen (secondary N) is 1. The number of rotatable bonds is 1. The van der Waals surface area contributed by atoms with E-state index in [0.29, 0.717) is 0 Å². The van der Waals surface area contributed by atoms with Crippen LogP contribution < -0.4 is 5.32 Å². The Morgan fingerprint density at radius 1 is 1.70 bits per heavy atom. The molecule has 10 heavy (non-hydrogen) atoms. The summed E-state index contributed by atoms with van der Waals surface area (Å²) in [6.07, 6.45) is 1.41. The lowest BCUT2D eigenvalue weighted by Crippen LogP contribution is -2.26. The van der Waals surface area contributed by atoms with Gasteiger partial charge >= 0.3 is 5.97 Å². The molecule has 1 heterocycles. The molecule has 54 valence electrons. The Balaban J connectivity index is 2.69. The Hall–Kier alpha value is -1.32. The van der Waals surface area contributed by atoms with E-state index in [1.807, 2.05) is 0 Å². The largest absolute Gasteiger partial charge is 0.478 e. The third kappa shape index (κ3) is 1.34. The first kappa shape index (κ1) is 6.80. The molecule has 4 heteroatoms. The Morgan fingerprint density at radius 3 is 2.80 bits per heavy atom. The molecule has 0 aliphatic carbocycles. The van der Waals surface area contributed by atoms with Gasteiger partial charge in [-0.2, -0.15) is 0 Å². The normalized spacial score (nSPS) is 17.6. The molecule has 0 bridgehead atoms. The van der Waals surface area contributed by atoms with Crippen LogP contribution in [0.4, 0.5) is 0 Å². The van der Waals surface area contributed by atoms with E-state index < -0.39 is 5.97 Å². The fraction of sp³-hybridized carbons (Fsp3) is 0.333. The Labute approximate surface area is 57.5 Å². The van der Waals surface area contributed by atoms with E-state index in [9.17, 15) is 9.59 Å². The molecule has 0 aromatic carbocycles.